The first kappa shape index (κ1) is 14.8. The van der Waals surface area contributed by atoms with Gasteiger partial charge >= 0.3 is 0 Å². The van der Waals surface area contributed by atoms with Crippen molar-refractivity contribution in [2.45, 2.75) is 26.3 Å². The molecule has 1 atom stereocenters. The van der Waals surface area contributed by atoms with Crippen LogP contribution in [0.3, 0.4) is 0 Å². The summed E-state index contributed by atoms with van der Waals surface area (Å²) in [5.74, 6) is 0.710. The monoisotopic (exact) mass is 350 g/mol. The van der Waals surface area contributed by atoms with Gasteiger partial charge in [0.1, 0.15) is 4.34 Å². The number of rotatable bonds is 6. The summed E-state index contributed by atoms with van der Waals surface area (Å²) in [5.41, 5.74) is 0. The Balaban J connectivity index is 1.65. The van der Waals surface area contributed by atoms with Gasteiger partial charge in [-0.3, -0.25) is 0 Å². The molecule has 1 unspecified atom stereocenters. The van der Waals surface area contributed by atoms with E-state index in [0.717, 1.165) is 21.9 Å². The zero-order chi connectivity index (χ0) is 13.0. The van der Waals surface area contributed by atoms with Crippen LogP contribution in [0.4, 0.5) is 0 Å². The number of nitrogens with zero attached hydrogens (tertiary/aromatic N) is 1. The van der Waals surface area contributed by atoms with Crippen LogP contribution in [0.2, 0.25) is 4.34 Å². The standard InChI is InChI=1S/C13H20BrClN2S/c1-10(9-17-4-2-3-5-17)7-16-8-11-6-12(14)13(15)18-11/h6,10,16H,2-5,7-9H2,1H3. The Kier molecular flexibility index (Phi) is 5.96. The molecule has 2 heterocycles. The van der Waals surface area contributed by atoms with Crippen molar-refractivity contribution in [3.63, 3.8) is 0 Å². The summed E-state index contributed by atoms with van der Waals surface area (Å²) in [7, 11) is 0. The molecule has 5 heteroatoms. The van der Waals surface area contributed by atoms with Crippen molar-refractivity contribution >= 4 is 38.9 Å². The zero-order valence-corrected chi connectivity index (χ0v) is 13.9. The molecule has 0 aromatic carbocycles. The summed E-state index contributed by atoms with van der Waals surface area (Å²) >= 11 is 11.1. The molecule has 1 aliphatic rings. The molecule has 0 amide bonds. The molecule has 0 saturated carbocycles. The topological polar surface area (TPSA) is 15.3 Å². The Morgan fingerprint density at radius 3 is 2.83 bits per heavy atom. The van der Waals surface area contributed by atoms with Crippen LogP contribution in [-0.4, -0.2) is 31.1 Å². The van der Waals surface area contributed by atoms with Crippen molar-refractivity contribution in [1.29, 1.82) is 0 Å². The van der Waals surface area contributed by atoms with Crippen LogP contribution in [0.5, 0.6) is 0 Å². The first-order valence-corrected chi connectivity index (χ1v) is 8.50. The third kappa shape index (κ3) is 4.49. The number of thiophene rings is 1. The second-order valence-electron chi connectivity index (χ2n) is 5.08. The molecule has 102 valence electrons. The molecule has 0 radical (unpaired) electrons. The highest BCUT2D eigenvalue weighted by Crippen LogP contribution is 2.31. The molecule has 2 rings (SSSR count). The van der Waals surface area contributed by atoms with Gasteiger partial charge in [-0.1, -0.05) is 18.5 Å². The lowest BCUT2D eigenvalue weighted by Gasteiger charge is -2.20. The van der Waals surface area contributed by atoms with E-state index < -0.39 is 0 Å². The Labute approximate surface area is 127 Å². The van der Waals surface area contributed by atoms with Gasteiger partial charge in [0.05, 0.1) is 0 Å². The molecular weight excluding hydrogens is 332 g/mol. The van der Waals surface area contributed by atoms with Crippen LogP contribution >= 0.6 is 38.9 Å². The van der Waals surface area contributed by atoms with Gasteiger partial charge in [-0.25, -0.2) is 0 Å². The number of nitrogens with one attached hydrogen (secondary N) is 1. The van der Waals surface area contributed by atoms with Crippen LogP contribution in [0.15, 0.2) is 10.5 Å². The third-order valence-corrected chi connectivity index (χ3v) is 5.73. The van der Waals surface area contributed by atoms with Gasteiger partial charge in [0, 0.05) is 22.4 Å². The molecule has 1 fully saturated rings. The van der Waals surface area contributed by atoms with Crippen LogP contribution in [-0.2, 0) is 6.54 Å². The van der Waals surface area contributed by atoms with Gasteiger partial charge in [0.25, 0.3) is 0 Å². The van der Waals surface area contributed by atoms with E-state index in [-0.39, 0.29) is 0 Å². The highest BCUT2D eigenvalue weighted by Gasteiger charge is 2.14. The van der Waals surface area contributed by atoms with Crippen molar-refractivity contribution in [3.8, 4) is 0 Å². The van der Waals surface area contributed by atoms with E-state index in [0.29, 0.717) is 5.92 Å². The molecule has 1 aliphatic heterocycles. The van der Waals surface area contributed by atoms with Gasteiger partial charge in [0.2, 0.25) is 0 Å². The first-order valence-electron chi connectivity index (χ1n) is 6.52. The Morgan fingerprint density at radius 2 is 2.22 bits per heavy atom. The molecule has 0 aliphatic carbocycles. The van der Waals surface area contributed by atoms with E-state index >= 15 is 0 Å². The van der Waals surface area contributed by atoms with Crippen molar-refractivity contribution in [3.05, 3.63) is 19.8 Å². The average molecular weight is 352 g/mol. The lowest BCUT2D eigenvalue weighted by Crippen LogP contribution is -2.31. The predicted molar refractivity (Wildman–Crippen MR) is 83.6 cm³/mol. The normalized spacial score (nSPS) is 18.4. The Hall–Kier alpha value is 0.390. The highest BCUT2D eigenvalue weighted by atomic mass is 79.9. The SMILES string of the molecule is CC(CNCc1cc(Br)c(Cl)s1)CN1CCCC1. The summed E-state index contributed by atoms with van der Waals surface area (Å²) in [6.07, 6.45) is 2.75. The van der Waals surface area contributed by atoms with Gasteiger partial charge in [-0.05, 0) is 60.4 Å². The fourth-order valence-corrected chi connectivity index (χ4v) is 4.15. The van der Waals surface area contributed by atoms with Crippen LogP contribution in [0.25, 0.3) is 0 Å². The molecule has 1 aromatic heterocycles. The van der Waals surface area contributed by atoms with E-state index in [4.69, 9.17) is 11.6 Å². The molecule has 1 saturated heterocycles. The van der Waals surface area contributed by atoms with Crippen molar-refractivity contribution in [1.82, 2.24) is 10.2 Å². The zero-order valence-electron chi connectivity index (χ0n) is 10.7. The second kappa shape index (κ2) is 7.25. The maximum absolute atomic E-state index is 6.02. The minimum atomic E-state index is 0.710. The Bertz CT molecular complexity index is 358. The van der Waals surface area contributed by atoms with Crippen LogP contribution in [0.1, 0.15) is 24.6 Å². The Morgan fingerprint density at radius 1 is 1.50 bits per heavy atom. The summed E-state index contributed by atoms with van der Waals surface area (Å²) in [6, 6.07) is 2.10. The smallest absolute Gasteiger partial charge is 0.107 e. The fraction of sp³-hybridized carbons (Fsp3) is 0.692. The average Bonchev–Trinajstić information content (AvgIpc) is 2.90. The first-order chi connectivity index (χ1) is 8.65. The lowest BCUT2D eigenvalue weighted by molar-refractivity contribution is 0.283. The molecule has 0 spiro atoms. The van der Waals surface area contributed by atoms with Crippen LogP contribution in [0, 0.1) is 5.92 Å². The van der Waals surface area contributed by atoms with Gasteiger partial charge in [-0.15, -0.1) is 11.3 Å². The predicted octanol–water partition coefficient (Wildman–Crippen LogP) is 3.99. The minimum Gasteiger partial charge on any atom is -0.312 e. The van der Waals surface area contributed by atoms with E-state index in [1.54, 1.807) is 11.3 Å². The van der Waals surface area contributed by atoms with Gasteiger partial charge in [-0.2, -0.15) is 0 Å². The molecule has 2 nitrogen and oxygen atoms in total. The molecule has 0 bridgehead atoms. The number of hydrogen-bond acceptors (Lipinski definition) is 3. The molecule has 18 heavy (non-hydrogen) atoms. The van der Waals surface area contributed by atoms with Gasteiger partial charge in [0.15, 0.2) is 0 Å². The maximum atomic E-state index is 6.02. The van der Waals surface area contributed by atoms with E-state index in [1.165, 1.54) is 37.4 Å². The van der Waals surface area contributed by atoms with E-state index in [9.17, 15) is 0 Å². The molecule has 1 aromatic rings. The van der Waals surface area contributed by atoms with Crippen LogP contribution < -0.4 is 5.32 Å². The van der Waals surface area contributed by atoms with E-state index in [1.807, 2.05) is 0 Å². The fourth-order valence-electron chi connectivity index (χ4n) is 2.39. The number of likely N-dealkylation sites (tertiary alicyclic amines) is 1. The van der Waals surface area contributed by atoms with Crippen molar-refractivity contribution < 1.29 is 0 Å². The molecular formula is C13H20BrClN2S. The quantitative estimate of drug-likeness (QED) is 0.834. The minimum absolute atomic E-state index is 0.710. The van der Waals surface area contributed by atoms with E-state index in [2.05, 4.69) is 39.1 Å². The highest BCUT2D eigenvalue weighted by molar-refractivity contribution is 9.10. The summed E-state index contributed by atoms with van der Waals surface area (Å²) in [5, 5.41) is 3.52. The number of hydrogen-bond donors (Lipinski definition) is 1. The van der Waals surface area contributed by atoms with Gasteiger partial charge < -0.3 is 10.2 Å². The maximum Gasteiger partial charge on any atom is 0.107 e. The largest absolute Gasteiger partial charge is 0.312 e. The lowest BCUT2D eigenvalue weighted by atomic mass is 10.1. The summed E-state index contributed by atoms with van der Waals surface area (Å²) < 4.78 is 1.85. The van der Waals surface area contributed by atoms with Crippen molar-refractivity contribution in [2.75, 3.05) is 26.2 Å². The number of halogens is 2. The second-order valence-corrected chi connectivity index (χ2v) is 7.67. The third-order valence-electron chi connectivity index (χ3n) is 3.26. The summed E-state index contributed by atoms with van der Waals surface area (Å²) in [4.78, 5) is 3.87. The van der Waals surface area contributed by atoms with Crippen molar-refractivity contribution in [2.24, 2.45) is 5.92 Å². The summed E-state index contributed by atoms with van der Waals surface area (Å²) in [6.45, 7) is 8.12. The molecule has 1 N–H and O–H groups in total.